The van der Waals surface area contributed by atoms with E-state index in [0.717, 1.165) is 5.56 Å². The molecule has 0 atom stereocenters. The van der Waals surface area contributed by atoms with E-state index >= 15 is 0 Å². The van der Waals surface area contributed by atoms with Crippen molar-refractivity contribution in [1.29, 1.82) is 5.26 Å². The molecule has 1 aromatic rings. The lowest BCUT2D eigenvalue weighted by atomic mass is 9.97. The van der Waals surface area contributed by atoms with E-state index < -0.39 is 0 Å². The number of nitriles is 1. The highest BCUT2D eigenvalue weighted by molar-refractivity contribution is 5.78. The number of amides is 1. The van der Waals surface area contributed by atoms with Gasteiger partial charge in [-0.1, -0.05) is 0 Å². The Balaban J connectivity index is 1.66. The fourth-order valence-corrected chi connectivity index (χ4v) is 2.00. The van der Waals surface area contributed by atoms with Gasteiger partial charge in [-0.25, -0.2) is 4.98 Å². The highest BCUT2D eigenvalue weighted by Crippen LogP contribution is 2.18. The van der Waals surface area contributed by atoms with E-state index in [1.54, 1.807) is 24.3 Å². The maximum absolute atomic E-state index is 11.7. The minimum atomic E-state index is -0.0272. The van der Waals surface area contributed by atoms with Crippen LogP contribution in [0.5, 0.6) is 5.88 Å². The van der Waals surface area contributed by atoms with Gasteiger partial charge in [0.05, 0.1) is 19.8 Å². The normalized spacial score (nSPS) is 14.5. The smallest absolute Gasteiger partial charge is 0.248 e. The van der Waals surface area contributed by atoms with E-state index in [9.17, 15) is 4.79 Å². The van der Waals surface area contributed by atoms with E-state index in [2.05, 4.69) is 11.1 Å². The Labute approximate surface area is 117 Å². The maximum atomic E-state index is 11.7. The third kappa shape index (κ3) is 3.68. The summed E-state index contributed by atoms with van der Waals surface area (Å²) in [6.45, 7) is 1.74. The van der Waals surface area contributed by atoms with Crippen molar-refractivity contribution in [1.82, 2.24) is 9.88 Å². The van der Waals surface area contributed by atoms with Crippen LogP contribution in [-0.2, 0) is 16.1 Å². The van der Waals surface area contributed by atoms with Crippen molar-refractivity contribution < 1.29 is 14.3 Å². The second-order valence-corrected chi connectivity index (χ2v) is 4.73. The molecule has 0 aromatic carbocycles. The quantitative estimate of drug-likeness (QED) is 0.773. The molecule has 20 heavy (non-hydrogen) atoms. The van der Waals surface area contributed by atoms with Crippen molar-refractivity contribution in [2.45, 2.75) is 13.0 Å². The number of rotatable bonds is 6. The van der Waals surface area contributed by atoms with Gasteiger partial charge in [-0.2, -0.15) is 5.26 Å². The van der Waals surface area contributed by atoms with Gasteiger partial charge in [-0.15, -0.1) is 0 Å². The molecule has 0 spiro atoms. The molecule has 0 radical (unpaired) electrons. The van der Waals surface area contributed by atoms with Gasteiger partial charge in [0.25, 0.3) is 0 Å². The fraction of sp³-hybridized carbons (Fsp3) is 0.500. The first kappa shape index (κ1) is 14.3. The first-order valence-corrected chi connectivity index (χ1v) is 6.44. The van der Waals surface area contributed by atoms with Gasteiger partial charge in [0.15, 0.2) is 0 Å². The molecule has 0 unspecified atom stereocenters. The Morgan fingerprint density at radius 3 is 2.95 bits per heavy atom. The number of hydrogen-bond donors (Lipinski definition) is 0. The van der Waals surface area contributed by atoms with E-state index in [0.29, 0.717) is 37.9 Å². The van der Waals surface area contributed by atoms with Crippen molar-refractivity contribution in [3.8, 4) is 11.9 Å². The van der Waals surface area contributed by atoms with Crippen molar-refractivity contribution in [2.75, 3.05) is 26.8 Å². The highest BCUT2D eigenvalue weighted by Gasteiger charge is 2.29. The first-order chi connectivity index (χ1) is 9.72. The minimum absolute atomic E-state index is 0.0272. The largest absolute Gasteiger partial charge is 0.481 e. The van der Waals surface area contributed by atoms with Crippen LogP contribution < -0.4 is 4.74 Å². The standard InChI is InChI=1S/C14H17N3O3/c1-19-13-3-2-11(6-16-13)9-20-10-14(18)17-7-12(8-17)4-5-15/h2-3,6,12H,4,7-10H2,1H3. The molecule has 0 bridgehead atoms. The SMILES string of the molecule is COc1ccc(COCC(=O)N2CC(CC#N)C2)cn1. The van der Waals surface area contributed by atoms with Gasteiger partial charge >= 0.3 is 0 Å². The van der Waals surface area contributed by atoms with Crippen LogP contribution in [0.3, 0.4) is 0 Å². The lowest BCUT2D eigenvalue weighted by molar-refractivity contribution is -0.142. The van der Waals surface area contributed by atoms with Crippen molar-refractivity contribution in [2.24, 2.45) is 5.92 Å². The van der Waals surface area contributed by atoms with Crippen molar-refractivity contribution in [3.63, 3.8) is 0 Å². The molecule has 2 rings (SSSR count). The Hall–Kier alpha value is -2.13. The molecule has 6 nitrogen and oxygen atoms in total. The fourth-order valence-electron chi connectivity index (χ4n) is 2.00. The highest BCUT2D eigenvalue weighted by atomic mass is 16.5. The molecule has 1 aliphatic heterocycles. The molecule has 106 valence electrons. The van der Waals surface area contributed by atoms with Gasteiger partial charge in [0.2, 0.25) is 11.8 Å². The average Bonchev–Trinajstić information content (AvgIpc) is 2.43. The molecule has 2 heterocycles. The summed E-state index contributed by atoms with van der Waals surface area (Å²) in [6.07, 6.45) is 2.18. The Morgan fingerprint density at radius 2 is 2.35 bits per heavy atom. The summed E-state index contributed by atoms with van der Waals surface area (Å²) in [5, 5.41) is 8.54. The summed E-state index contributed by atoms with van der Waals surface area (Å²) in [5.74, 6) is 0.851. The minimum Gasteiger partial charge on any atom is -0.481 e. The third-order valence-electron chi connectivity index (χ3n) is 3.19. The topological polar surface area (TPSA) is 75.5 Å². The monoisotopic (exact) mass is 275 g/mol. The molecule has 0 N–H and O–H groups in total. The summed E-state index contributed by atoms with van der Waals surface area (Å²) >= 11 is 0. The van der Waals surface area contributed by atoms with Crippen molar-refractivity contribution in [3.05, 3.63) is 23.9 Å². The number of ether oxygens (including phenoxy) is 2. The Morgan fingerprint density at radius 1 is 1.55 bits per heavy atom. The molecule has 0 aliphatic carbocycles. The zero-order chi connectivity index (χ0) is 14.4. The molecule has 6 heteroatoms. The molecular formula is C14H17N3O3. The Bertz CT molecular complexity index is 489. The van der Waals surface area contributed by atoms with Crippen LogP contribution in [0.1, 0.15) is 12.0 Å². The summed E-state index contributed by atoms with van der Waals surface area (Å²) in [7, 11) is 1.56. The third-order valence-corrected chi connectivity index (χ3v) is 3.19. The molecule has 0 saturated carbocycles. The van der Waals surface area contributed by atoms with Crippen LogP contribution in [0.25, 0.3) is 0 Å². The number of methoxy groups -OCH3 is 1. The van der Waals surface area contributed by atoms with E-state index in [1.807, 2.05) is 6.07 Å². The molecule has 1 fully saturated rings. The van der Waals surface area contributed by atoms with Crippen LogP contribution >= 0.6 is 0 Å². The Kier molecular flexibility index (Phi) is 4.91. The zero-order valence-electron chi connectivity index (χ0n) is 11.4. The number of carbonyl (C=O) groups is 1. The molecule has 1 aromatic heterocycles. The van der Waals surface area contributed by atoms with Gasteiger partial charge < -0.3 is 14.4 Å². The van der Waals surface area contributed by atoms with Crippen molar-refractivity contribution >= 4 is 5.91 Å². The maximum Gasteiger partial charge on any atom is 0.248 e. The van der Waals surface area contributed by atoms with Crippen LogP contribution in [0.4, 0.5) is 0 Å². The van der Waals surface area contributed by atoms with Crippen LogP contribution in [-0.4, -0.2) is 42.6 Å². The van der Waals surface area contributed by atoms with Gasteiger partial charge in [-0.05, 0) is 11.6 Å². The number of nitrogens with zero attached hydrogens (tertiary/aromatic N) is 3. The predicted octanol–water partition coefficient (Wildman–Crippen LogP) is 0.979. The van der Waals surface area contributed by atoms with Gasteiger partial charge in [0.1, 0.15) is 6.61 Å². The van der Waals surface area contributed by atoms with E-state index in [1.165, 1.54) is 0 Å². The second-order valence-electron chi connectivity index (χ2n) is 4.73. The predicted molar refractivity (Wildman–Crippen MR) is 70.7 cm³/mol. The van der Waals surface area contributed by atoms with Crippen LogP contribution in [0.2, 0.25) is 0 Å². The van der Waals surface area contributed by atoms with Gasteiger partial charge in [-0.3, -0.25) is 4.79 Å². The number of aromatic nitrogens is 1. The second kappa shape index (κ2) is 6.87. The number of carbonyl (C=O) groups excluding carboxylic acids is 1. The van der Waals surface area contributed by atoms with E-state index in [4.69, 9.17) is 14.7 Å². The summed E-state index contributed by atoms with van der Waals surface area (Å²) < 4.78 is 10.3. The average molecular weight is 275 g/mol. The van der Waals surface area contributed by atoms with E-state index in [-0.39, 0.29) is 12.5 Å². The molecule has 1 aliphatic rings. The lowest BCUT2D eigenvalue weighted by Crippen LogP contribution is -2.51. The van der Waals surface area contributed by atoms with Crippen LogP contribution in [0.15, 0.2) is 18.3 Å². The number of pyridine rings is 1. The number of hydrogen-bond acceptors (Lipinski definition) is 5. The lowest BCUT2D eigenvalue weighted by Gasteiger charge is -2.38. The zero-order valence-corrected chi connectivity index (χ0v) is 11.4. The van der Waals surface area contributed by atoms with Gasteiger partial charge in [0, 0.05) is 37.7 Å². The molecule has 1 amide bonds. The summed E-state index contributed by atoms with van der Waals surface area (Å²) in [5.41, 5.74) is 0.893. The summed E-state index contributed by atoms with van der Waals surface area (Å²) in [6, 6.07) is 5.72. The first-order valence-electron chi connectivity index (χ1n) is 6.44. The molecule has 1 saturated heterocycles. The summed E-state index contributed by atoms with van der Waals surface area (Å²) in [4.78, 5) is 17.5. The van der Waals surface area contributed by atoms with Crippen LogP contribution in [0, 0.1) is 17.2 Å². The molecular weight excluding hydrogens is 258 g/mol. The number of likely N-dealkylation sites (tertiary alicyclic amines) is 1.